The number of carbonyl (C=O) groups is 1. The molecule has 94 valence electrons. The number of thiophene rings is 1. The van der Waals surface area contributed by atoms with Crippen LogP contribution in [0.3, 0.4) is 0 Å². The molecule has 0 radical (unpaired) electrons. The zero-order valence-electron chi connectivity index (χ0n) is 10.0. The first-order valence-electron chi connectivity index (χ1n) is 5.54. The van der Waals surface area contributed by atoms with Gasteiger partial charge < -0.3 is 5.11 Å². The second kappa shape index (κ2) is 5.75. The van der Waals surface area contributed by atoms with E-state index in [2.05, 4.69) is 21.3 Å². The molecule has 0 aliphatic heterocycles. The minimum atomic E-state index is -0.989. The fraction of sp³-hybridized carbons (Fsp3) is 0.231. The molecule has 0 saturated carbocycles. The Morgan fingerprint density at radius 3 is 2.89 bits per heavy atom. The summed E-state index contributed by atoms with van der Waals surface area (Å²) in [7, 11) is 1.99. The van der Waals surface area contributed by atoms with Gasteiger partial charge in [0, 0.05) is 13.1 Å². The van der Waals surface area contributed by atoms with E-state index in [1.54, 1.807) is 17.4 Å². The van der Waals surface area contributed by atoms with Gasteiger partial charge in [-0.05, 0) is 41.6 Å². The van der Waals surface area contributed by atoms with E-state index in [0.29, 0.717) is 6.54 Å². The predicted octanol–water partition coefficient (Wildman–Crippen LogP) is 2.47. The van der Waals surface area contributed by atoms with Crippen LogP contribution in [0.2, 0.25) is 0 Å². The molecule has 0 spiro atoms. The van der Waals surface area contributed by atoms with Crippen LogP contribution in [0, 0.1) is 0 Å². The van der Waals surface area contributed by atoms with Gasteiger partial charge in [0.15, 0.2) is 0 Å². The minimum Gasteiger partial charge on any atom is -0.477 e. The second-order valence-electron chi connectivity index (χ2n) is 4.12. The third kappa shape index (κ3) is 3.38. The SMILES string of the molecule is CN(Cc1ccsc1)Cc1cccc(C(=O)O)n1. The summed E-state index contributed by atoms with van der Waals surface area (Å²) in [6.07, 6.45) is 0. The van der Waals surface area contributed by atoms with Crippen molar-refractivity contribution in [2.24, 2.45) is 0 Å². The summed E-state index contributed by atoms with van der Waals surface area (Å²) >= 11 is 1.67. The monoisotopic (exact) mass is 262 g/mol. The largest absolute Gasteiger partial charge is 0.477 e. The summed E-state index contributed by atoms with van der Waals surface area (Å²) in [6.45, 7) is 1.47. The Morgan fingerprint density at radius 1 is 1.39 bits per heavy atom. The van der Waals surface area contributed by atoms with Crippen LogP contribution in [0.1, 0.15) is 21.7 Å². The van der Waals surface area contributed by atoms with Crippen molar-refractivity contribution in [2.75, 3.05) is 7.05 Å². The summed E-state index contributed by atoms with van der Waals surface area (Å²) in [4.78, 5) is 17.0. The van der Waals surface area contributed by atoms with Gasteiger partial charge in [0.25, 0.3) is 0 Å². The highest BCUT2D eigenvalue weighted by Crippen LogP contribution is 2.10. The van der Waals surface area contributed by atoms with Gasteiger partial charge in [-0.15, -0.1) is 0 Å². The summed E-state index contributed by atoms with van der Waals surface area (Å²) < 4.78 is 0. The molecule has 0 unspecified atom stereocenters. The van der Waals surface area contributed by atoms with E-state index in [1.807, 2.05) is 18.5 Å². The number of carboxylic acids is 1. The Bertz CT molecular complexity index is 526. The second-order valence-corrected chi connectivity index (χ2v) is 4.90. The first kappa shape index (κ1) is 12.7. The van der Waals surface area contributed by atoms with Crippen LogP contribution in [0.4, 0.5) is 0 Å². The average molecular weight is 262 g/mol. The van der Waals surface area contributed by atoms with E-state index in [4.69, 9.17) is 5.11 Å². The number of hydrogen-bond donors (Lipinski definition) is 1. The van der Waals surface area contributed by atoms with E-state index in [-0.39, 0.29) is 5.69 Å². The Morgan fingerprint density at radius 2 is 2.22 bits per heavy atom. The Hall–Kier alpha value is -1.72. The number of hydrogen-bond acceptors (Lipinski definition) is 4. The fourth-order valence-corrected chi connectivity index (χ4v) is 2.37. The van der Waals surface area contributed by atoms with Gasteiger partial charge in [-0.1, -0.05) is 6.07 Å². The molecule has 0 saturated heterocycles. The summed E-state index contributed by atoms with van der Waals surface area (Å²) in [5, 5.41) is 13.0. The molecule has 0 aliphatic carbocycles. The van der Waals surface area contributed by atoms with Crippen LogP contribution in [-0.4, -0.2) is 28.0 Å². The Labute approximate surface area is 110 Å². The van der Waals surface area contributed by atoms with Gasteiger partial charge in [-0.2, -0.15) is 11.3 Å². The third-order valence-electron chi connectivity index (χ3n) is 2.49. The van der Waals surface area contributed by atoms with Gasteiger partial charge in [0.2, 0.25) is 0 Å². The smallest absolute Gasteiger partial charge is 0.354 e. The number of carboxylic acid groups (broad SMARTS) is 1. The molecule has 2 rings (SSSR count). The maximum Gasteiger partial charge on any atom is 0.354 e. The summed E-state index contributed by atoms with van der Waals surface area (Å²) in [6, 6.07) is 7.16. The molecule has 0 fully saturated rings. The molecule has 18 heavy (non-hydrogen) atoms. The highest BCUT2D eigenvalue weighted by Gasteiger charge is 2.07. The summed E-state index contributed by atoms with van der Waals surface area (Å²) in [5.41, 5.74) is 2.13. The average Bonchev–Trinajstić information content (AvgIpc) is 2.82. The molecule has 2 aromatic rings. The van der Waals surface area contributed by atoms with Crippen molar-refractivity contribution in [3.05, 3.63) is 52.0 Å². The third-order valence-corrected chi connectivity index (χ3v) is 3.22. The lowest BCUT2D eigenvalue weighted by Crippen LogP contribution is -2.18. The van der Waals surface area contributed by atoms with E-state index in [9.17, 15) is 4.79 Å². The zero-order valence-corrected chi connectivity index (χ0v) is 10.9. The van der Waals surface area contributed by atoms with Gasteiger partial charge >= 0.3 is 5.97 Å². The Balaban J connectivity index is 2.00. The van der Waals surface area contributed by atoms with Crippen molar-refractivity contribution in [2.45, 2.75) is 13.1 Å². The number of nitrogens with zero attached hydrogens (tertiary/aromatic N) is 2. The number of aromatic carboxylic acids is 1. The first-order valence-corrected chi connectivity index (χ1v) is 6.48. The minimum absolute atomic E-state index is 0.0939. The highest BCUT2D eigenvalue weighted by atomic mass is 32.1. The number of pyridine rings is 1. The van der Waals surface area contributed by atoms with Crippen molar-refractivity contribution in [1.82, 2.24) is 9.88 Å². The van der Waals surface area contributed by atoms with Crippen LogP contribution in [-0.2, 0) is 13.1 Å². The lowest BCUT2D eigenvalue weighted by molar-refractivity contribution is 0.0690. The van der Waals surface area contributed by atoms with Crippen LogP contribution in [0.15, 0.2) is 35.0 Å². The van der Waals surface area contributed by atoms with E-state index in [0.717, 1.165) is 12.2 Å². The predicted molar refractivity (Wildman–Crippen MR) is 70.7 cm³/mol. The Kier molecular flexibility index (Phi) is 4.07. The molecular formula is C13H14N2O2S. The molecule has 4 nitrogen and oxygen atoms in total. The molecular weight excluding hydrogens is 248 g/mol. The van der Waals surface area contributed by atoms with E-state index in [1.165, 1.54) is 11.6 Å². The molecule has 0 amide bonds. The van der Waals surface area contributed by atoms with Crippen molar-refractivity contribution < 1.29 is 9.90 Å². The molecule has 0 atom stereocenters. The van der Waals surface area contributed by atoms with Crippen molar-refractivity contribution in [1.29, 1.82) is 0 Å². The van der Waals surface area contributed by atoms with Crippen LogP contribution in [0.5, 0.6) is 0 Å². The standard InChI is InChI=1S/C13H14N2O2S/c1-15(7-10-5-6-18-9-10)8-11-3-2-4-12(14-11)13(16)17/h2-6,9H,7-8H2,1H3,(H,16,17). The number of aromatic nitrogens is 1. The molecule has 2 heterocycles. The van der Waals surface area contributed by atoms with Gasteiger partial charge in [-0.3, -0.25) is 4.90 Å². The maximum absolute atomic E-state index is 10.8. The molecule has 2 aromatic heterocycles. The molecule has 0 aliphatic rings. The van der Waals surface area contributed by atoms with Crippen LogP contribution in [0.25, 0.3) is 0 Å². The fourth-order valence-electron chi connectivity index (χ4n) is 1.71. The van der Waals surface area contributed by atoms with Crippen molar-refractivity contribution in [3.63, 3.8) is 0 Å². The maximum atomic E-state index is 10.8. The number of rotatable bonds is 5. The van der Waals surface area contributed by atoms with Gasteiger partial charge in [-0.25, -0.2) is 9.78 Å². The van der Waals surface area contributed by atoms with Crippen LogP contribution < -0.4 is 0 Å². The lowest BCUT2D eigenvalue weighted by atomic mass is 10.2. The quantitative estimate of drug-likeness (QED) is 0.899. The van der Waals surface area contributed by atoms with Gasteiger partial charge in [0.05, 0.1) is 5.69 Å². The molecule has 1 N–H and O–H groups in total. The lowest BCUT2D eigenvalue weighted by Gasteiger charge is -2.15. The molecule has 0 aromatic carbocycles. The molecule has 0 bridgehead atoms. The van der Waals surface area contributed by atoms with Gasteiger partial charge in [0.1, 0.15) is 5.69 Å². The topological polar surface area (TPSA) is 53.4 Å². The van der Waals surface area contributed by atoms with Crippen molar-refractivity contribution >= 4 is 17.3 Å². The normalized spacial score (nSPS) is 10.8. The zero-order chi connectivity index (χ0) is 13.0. The first-order chi connectivity index (χ1) is 8.65. The van der Waals surface area contributed by atoms with E-state index < -0.39 is 5.97 Å². The van der Waals surface area contributed by atoms with Crippen LogP contribution >= 0.6 is 11.3 Å². The highest BCUT2D eigenvalue weighted by molar-refractivity contribution is 7.07. The van der Waals surface area contributed by atoms with E-state index >= 15 is 0 Å². The summed E-state index contributed by atoms with van der Waals surface area (Å²) in [5.74, 6) is -0.989. The molecule has 5 heteroatoms. The van der Waals surface area contributed by atoms with Crippen molar-refractivity contribution in [3.8, 4) is 0 Å².